The number of ether oxygens (including phenoxy) is 1. The first-order valence-corrected chi connectivity index (χ1v) is 7.25. The molecule has 0 bridgehead atoms. The van der Waals surface area contributed by atoms with Crippen molar-refractivity contribution in [3.63, 3.8) is 0 Å². The zero-order valence-corrected chi connectivity index (χ0v) is 12.9. The molecule has 0 saturated heterocycles. The number of nitrogens with zero attached hydrogens (tertiary/aromatic N) is 1. The maximum Gasteiger partial charge on any atom is 0.267 e. The van der Waals surface area contributed by atoms with Crippen LogP contribution in [-0.4, -0.2) is 19.1 Å². The third-order valence-corrected chi connectivity index (χ3v) is 3.54. The van der Waals surface area contributed by atoms with Crippen LogP contribution in [0.4, 0.5) is 5.69 Å². The van der Waals surface area contributed by atoms with Gasteiger partial charge in [0, 0.05) is 12.7 Å². The van der Waals surface area contributed by atoms with Crippen molar-refractivity contribution >= 4 is 23.2 Å². The largest absolute Gasteiger partial charge is 0.479 e. The van der Waals surface area contributed by atoms with Gasteiger partial charge in [0.15, 0.2) is 6.10 Å². The van der Waals surface area contributed by atoms with Crippen molar-refractivity contribution in [3.05, 3.63) is 59.6 Å². The summed E-state index contributed by atoms with van der Waals surface area (Å²) >= 11 is 6.08. The van der Waals surface area contributed by atoms with Crippen LogP contribution in [0.3, 0.4) is 0 Å². The molecule has 2 rings (SSSR count). The van der Waals surface area contributed by atoms with E-state index in [-0.39, 0.29) is 5.91 Å². The lowest BCUT2D eigenvalue weighted by molar-refractivity contribution is -0.125. The van der Waals surface area contributed by atoms with E-state index < -0.39 is 6.10 Å². The molecule has 110 valence electrons. The third-order valence-electron chi connectivity index (χ3n) is 3.23. The van der Waals surface area contributed by atoms with Gasteiger partial charge in [-0.15, -0.1) is 0 Å². The Labute approximate surface area is 130 Å². The lowest BCUT2D eigenvalue weighted by Gasteiger charge is -2.24. The maximum absolute atomic E-state index is 12.5. The van der Waals surface area contributed by atoms with Crippen LogP contribution in [0.15, 0.2) is 54.6 Å². The van der Waals surface area contributed by atoms with Gasteiger partial charge in [0.2, 0.25) is 0 Å². The van der Waals surface area contributed by atoms with Gasteiger partial charge < -0.3 is 9.64 Å². The SMILES string of the molecule is CC[C@@H](Oc1ccccc1Cl)C(=O)N(C)c1ccccc1. The zero-order chi connectivity index (χ0) is 15.2. The molecule has 0 radical (unpaired) electrons. The summed E-state index contributed by atoms with van der Waals surface area (Å²) in [5.41, 5.74) is 0.837. The number of halogens is 1. The molecule has 0 aromatic heterocycles. The van der Waals surface area contributed by atoms with E-state index in [1.165, 1.54) is 0 Å². The molecule has 2 aromatic rings. The summed E-state index contributed by atoms with van der Waals surface area (Å²) in [7, 11) is 1.75. The molecule has 0 aliphatic carbocycles. The first kappa shape index (κ1) is 15.4. The quantitative estimate of drug-likeness (QED) is 0.830. The van der Waals surface area contributed by atoms with E-state index in [0.29, 0.717) is 17.2 Å². The second kappa shape index (κ2) is 7.14. The Balaban J connectivity index is 2.14. The highest BCUT2D eigenvalue weighted by atomic mass is 35.5. The molecule has 0 spiro atoms. The van der Waals surface area contributed by atoms with Gasteiger partial charge in [0.1, 0.15) is 5.75 Å². The predicted octanol–water partition coefficient (Wildman–Crippen LogP) is 4.16. The van der Waals surface area contributed by atoms with Crippen molar-refractivity contribution in [2.24, 2.45) is 0 Å². The number of benzene rings is 2. The molecule has 0 fully saturated rings. The minimum atomic E-state index is -0.560. The molecular formula is C17H18ClNO2. The van der Waals surface area contributed by atoms with E-state index in [4.69, 9.17) is 16.3 Å². The van der Waals surface area contributed by atoms with E-state index in [0.717, 1.165) is 5.69 Å². The van der Waals surface area contributed by atoms with E-state index in [9.17, 15) is 4.79 Å². The van der Waals surface area contributed by atoms with Crippen molar-refractivity contribution in [3.8, 4) is 5.75 Å². The van der Waals surface area contributed by atoms with Gasteiger partial charge in [-0.2, -0.15) is 0 Å². The lowest BCUT2D eigenvalue weighted by Crippen LogP contribution is -2.39. The molecule has 2 aromatic carbocycles. The highest BCUT2D eigenvalue weighted by molar-refractivity contribution is 6.32. The summed E-state index contributed by atoms with van der Waals surface area (Å²) in [4.78, 5) is 14.2. The number of para-hydroxylation sites is 2. The highest BCUT2D eigenvalue weighted by Crippen LogP contribution is 2.25. The van der Waals surface area contributed by atoms with Crippen LogP contribution in [0.25, 0.3) is 0 Å². The van der Waals surface area contributed by atoms with E-state index in [2.05, 4.69) is 0 Å². The van der Waals surface area contributed by atoms with Crippen LogP contribution in [0.2, 0.25) is 5.02 Å². The maximum atomic E-state index is 12.5. The number of amides is 1. The number of rotatable bonds is 5. The fourth-order valence-electron chi connectivity index (χ4n) is 2.00. The predicted molar refractivity (Wildman–Crippen MR) is 86.0 cm³/mol. The summed E-state index contributed by atoms with van der Waals surface area (Å²) < 4.78 is 5.78. The summed E-state index contributed by atoms with van der Waals surface area (Å²) in [5, 5.41) is 0.506. The van der Waals surface area contributed by atoms with Crippen molar-refractivity contribution in [2.45, 2.75) is 19.4 Å². The van der Waals surface area contributed by atoms with E-state index >= 15 is 0 Å². The number of carbonyl (C=O) groups is 1. The standard InChI is InChI=1S/C17H18ClNO2/c1-3-15(21-16-12-8-7-11-14(16)18)17(20)19(2)13-9-5-4-6-10-13/h4-12,15H,3H2,1-2H3/t15-/m1/s1. The van der Waals surface area contributed by atoms with Gasteiger partial charge in [0.25, 0.3) is 5.91 Å². The second-order valence-electron chi connectivity index (χ2n) is 4.68. The van der Waals surface area contributed by atoms with Crippen molar-refractivity contribution in [2.75, 3.05) is 11.9 Å². The fourth-order valence-corrected chi connectivity index (χ4v) is 2.18. The molecule has 3 nitrogen and oxygen atoms in total. The first-order chi connectivity index (χ1) is 10.1. The average Bonchev–Trinajstić information content (AvgIpc) is 2.53. The second-order valence-corrected chi connectivity index (χ2v) is 5.09. The Bertz CT molecular complexity index is 601. The molecule has 0 saturated carbocycles. The minimum absolute atomic E-state index is 0.0939. The minimum Gasteiger partial charge on any atom is -0.479 e. The summed E-state index contributed by atoms with van der Waals surface area (Å²) in [5.74, 6) is 0.435. The van der Waals surface area contributed by atoms with Crippen LogP contribution in [-0.2, 0) is 4.79 Å². The van der Waals surface area contributed by atoms with Crippen molar-refractivity contribution < 1.29 is 9.53 Å². The normalized spacial score (nSPS) is 11.8. The van der Waals surface area contributed by atoms with Crippen LogP contribution in [0, 0.1) is 0 Å². The summed E-state index contributed by atoms with van der Waals surface area (Å²) in [6.45, 7) is 1.91. The molecule has 1 atom stereocenters. The van der Waals surface area contributed by atoms with Crippen LogP contribution in [0.5, 0.6) is 5.75 Å². The topological polar surface area (TPSA) is 29.5 Å². The number of hydrogen-bond acceptors (Lipinski definition) is 2. The molecule has 0 heterocycles. The van der Waals surface area contributed by atoms with Crippen LogP contribution < -0.4 is 9.64 Å². The molecule has 0 unspecified atom stereocenters. The van der Waals surface area contributed by atoms with Gasteiger partial charge in [-0.3, -0.25) is 4.79 Å². The molecule has 1 amide bonds. The van der Waals surface area contributed by atoms with Gasteiger partial charge in [0.05, 0.1) is 5.02 Å². The number of hydrogen-bond donors (Lipinski definition) is 0. The summed E-state index contributed by atoms with van der Waals surface area (Å²) in [6.07, 6.45) is 0.0106. The van der Waals surface area contributed by atoms with Gasteiger partial charge in [-0.25, -0.2) is 0 Å². The number of carbonyl (C=O) groups excluding carboxylic acids is 1. The lowest BCUT2D eigenvalue weighted by atomic mass is 10.2. The Hall–Kier alpha value is -2.00. The van der Waals surface area contributed by atoms with Crippen molar-refractivity contribution in [1.29, 1.82) is 0 Å². The average molecular weight is 304 g/mol. The summed E-state index contributed by atoms with van der Waals surface area (Å²) in [6, 6.07) is 16.7. The number of likely N-dealkylation sites (N-methyl/N-ethyl adjacent to an activating group) is 1. The first-order valence-electron chi connectivity index (χ1n) is 6.87. The van der Waals surface area contributed by atoms with Crippen LogP contribution in [0.1, 0.15) is 13.3 Å². The monoisotopic (exact) mass is 303 g/mol. The number of anilines is 1. The molecule has 21 heavy (non-hydrogen) atoms. The molecule has 4 heteroatoms. The highest BCUT2D eigenvalue weighted by Gasteiger charge is 2.23. The van der Waals surface area contributed by atoms with Gasteiger partial charge in [-0.1, -0.05) is 48.9 Å². The van der Waals surface area contributed by atoms with Crippen molar-refractivity contribution in [1.82, 2.24) is 0 Å². The molecule has 0 N–H and O–H groups in total. The van der Waals surface area contributed by atoms with E-state index in [1.807, 2.05) is 49.4 Å². The Morgan fingerprint density at radius 3 is 2.38 bits per heavy atom. The van der Waals surface area contributed by atoms with Crippen LogP contribution >= 0.6 is 11.6 Å². The molecule has 0 aliphatic rings. The molecule has 0 aliphatic heterocycles. The van der Waals surface area contributed by atoms with Gasteiger partial charge in [-0.05, 0) is 30.7 Å². The Kier molecular flexibility index (Phi) is 5.23. The van der Waals surface area contributed by atoms with Gasteiger partial charge >= 0.3 is 0 Å². The fraction of sp³-hybridized carbons (Fsp3) is 0.235. The molecular weight excluding hydrogens is 286 g/mol. The smallest absolute Gasteiger partial charge is 0.267 e. The Morgan fingerprint density at radius 1 is 1.14 bits per heavy atom. The Morgan fingerprint density at radius 2 is 1.76 bits per heavy atom. The van der Waals surface area contributed by atoms with E-state index in [1.54, 1.807) is 24.1 Å². The zero-order valence-electron chi connectivity index (χ0n) is 12.1. The third kappa shape index (κ3) is 3.76.